The van der Waals surface area contributed by atoms with Crippen molar-refractivity contribution in [2.75, 3.05) is 37.7 Å². The minimum Gasteiger partial charge on any atom is -0.395 e. The molecule has 3 aromatic rings. The van der Waals surface area contributed by atoms with Crippen molar-refractivity contribution >= 4 is 22.5 Å². The summed E-state index contributed by atoms with van der Waals surface area (Å²) in [4.78, 5) is 33.6. The van der Waals surface area contributed by atoms with Crippen molar-refractivity contribution in [3.63, 3.8) is 0 Å². The van der Waals surface area contributed by atoms with Crippen molar-refractivity contribution in [3.05, 3.63) is 52.3 Å². The second kappa shape index (κ2) is 7.56. The number of aromatic amines is 1. The lowest BCUT2D eigenvalue weighted by molar-refractivity contribution is 0.0741. The highest BCUT2D eigenvalue weighted by atomic mass is 16.3. The smallest absolute Gasteiger partial charge is 0.274 e. The number of aliphatic hydroxyl groups excluding tert-OH is 1. The number of hydrogen-bond donors (Lipinski definition) is 2. The zero-order valence-corrected chi connectivity index (χ0v) is 16.6. The third-order valence-corrected chi connectivity index (χ3v) is 5.92. The van der Waals surface area contributed by atoms with Crippen LogP contribution in [0.5, 0.6) is 0 Å². The number of carbonyl (C=O) groups is 1. The first-order chi connectivity index (χ1) is 14.6. The van der Waals surface area contributed by atoms with E-state index in [1.165, 1.54) is 23.7 Å². The van der Waals surface area contributed by atoms with Crippen LogP contribution in [0, 0.1) is 0 Å². The van der Waals surface area contributed by atoms with Crippen molar-refractivity contribution in [1.82, 2.24) is 24.6 Å². The molecule has 3 heterocycles. The SMILES string of the molecule is O=C(c1cc(C2CC2)[nH]n1)N1CCN(c2ccc3c(=O)n(CCO)cnc3c2)CC1. The van der Waals surface area contributed by atoms with Crippen LogP contribution in [-0.4, -0.2) is 68.4 Å². The van der Waals surface area contributed by atoms with Crippen LogP contribution in [0.15, 0.2) is 35.4 Å². The van der Waals surface area contributed by atoms with Crippen LogP contribution in [0.1, 0.15) is 34.9 Å². The van der Waals surface area contributed by atoms with Gasteiger partial charge in [0.05, 0.1) is 30.4 Å². The Bertz CT molecular complexity index is 1140. The number of rotatable bonds is 5. The Labute approximate surface area is 172 Å². The molecule has 2 fully saturated rings. The molecule has 1 amide bonds. The summed E-state index contributed by atoms with van der Waals surface area (Å²) in [7, 11) is 0. The fourth-order valence-electron chi connectivity index (χ4n) is 3.99. The quantitative estimate of drug-likeness (QED) is 0.651. The normalized spacial score (nSPS) is 17.0. The maximum absolute atomic E-state index is 12.8. The van der Waals surface area contributed by atoms with Crippen LogP contribution in [0.25, 0.3) is 10.9 Å². The Morgan fingerprint density at radius 3 is 2.70 bits per heavy atom. The van der Waals surface area contributed by atoms with E-state index in [-0.39, 0.29) is 24.6 Å². The summed E-state index contributed by atoms with van der Waals surface area (Å²) in [6.07, 6.45) is 3.82. The van der Waals surface area contributed by atoms with Gasteiger partial charge in [0.2, 0.25) is 0 Å². The van der Waals surface area contributed by atoms with E-state index >= 15 is 0 Å². The van der Waals surface area contributed by atoms with E-state index in [0.29, 0.717) is 48.7 Å². The summed E-state index contributed by atoms with van der Waals surface area (Å²) in [5.41, 5.74) is 3.03. The molecule has 1 saturated carbocycles. The highest BCUT2D eigenvalue weighted by molar-refractivity contribution is 5.92. The molecule has 2 aromatic heterocycles. The summed E-state index contributed by atoms with van der Waals surface area (Å²) in [5, 5.41) is 16.8. The van der Waals surface area contributed by atoms with Crippen LogP contribution >= 0.6 is 0 Å². The third kappa shape index (κ3) is 3.45. The van der Waals surface area contributed by atoms with Gasteiger partial charge in [-0.15, -0.1) is 0 Å². The average molecular weight is 408 g/mol. The first-order valence-electron chi connectivity index (χ1n) is 10.3. The van der Waals surface area contributed by atoms with Crippen molar-refractivity contribution in [3.8, 4) is 0 Å². The molecule has 9 nitrogen and oxygen atoms in total. The molecule has 9 heteroatoms. The molecular weight excluding hydrogens is 384 g/mol. The van der Waals surface area contributed by atoms with E-state index in [1.807, 2.05) is 23.1 Å². The molecule has 1 aromatic carbocycles. The van der Waals surface area contributed by atoms with Crippen molar-refractivity contribution < 1.29 is 9.90 Å². The lowest BCUT2D eigenvalue weighted by Gasteiger charge is -2.35. The van der Waals surface area contributed by atoms with Gasteiger partial charge in [0.25, 0.3) is 11.5 Å². The number of H-pyrrole nitrogens is 1. The predicted octanol–water partition coefficient (Wildman–Crippen LogP) is 0.952. The second-order valence-corrected chi connectivity index (χ2v) is 7.93. The van der Waals surface area contributed by atoms with E-state index in [0.717, 1.165) is 11.4 Å². The molecule has 156 valence electrons. The number of aliphatic hydroxyl groups is 1. The second-order valence-electron chi connectivity index (χ2n) is 7.93. The van der Waals surface area contributed by atoms with Gasteiger partial charge in [-0.3, -0.25) is 19.3 Å². The Hall–Kier alpha value is -3.20. The number of nitrogens with zero attached hydrogens (tertiary/aromatic N) is 5. The summed E-state index contributed by atoms with van der Waals surface area (Å²) < 4.78 is 1.41. The molecular formula is C21H24N6O3. The van der Waals surface area contributed by atoms with Gasteiger partial charge in [0.1, 0.15) is 5.69 Å². The van der Waals surface area contributed by atoms with Crippen LogP contribution in [0.2, 0.25) is 0 Å². The Morgan fingerprint density at radius 2 is 1.97 bits per heavy atom. The van der Waals surface area contributed by atoms with Gasteiger partial charge < -0.3 is 14.9 Å². The van der Waals surface area contributed by atoms with Gasteiger partial charge in [0, 0.05) is 43.5 Å². The van der Waals surface area contributed by atoms with E-state index in [4.69, 9.17) is 5.11 Å². The molecule has 0 unspecified atom stereocenters. The zero-order chi connectivity index (χ0) is 20.7. The monoisotopic (exact) mass is 408 g/mol. The molecule has 0 radical (unpaired) electrons. The fraction of sp³-hybridized carbons (Fsp3) is 0.429. The molecule has 0 bridgehead atoms. The molecule has 1 saturated heterocycles. The highest BCUT2D eigenvalue weighted by Gasteiger charge is 2.29. The molecule has 2 N–H and O–H groups in total. The zero-order valence-electron chi connectivity index (χ0n) is 16.6. The summed E-state index contributed by atoms with van der Waals surface area (Å²) in [6.45, 7) is 2.78. The Morgan fingerprint density at radius 1 is 1.17 bits per heavy atom. The lowest BCUT2D eigenvalue weighted by atomic mass is 10.2. The molecule has 1 aliphatic carbocycles. The average Bonchev–Trinajstić information content (AvgIpc) is 3.52. The minimum absolute atomic E-state index is 0.0255. The Balaban J connectivity index is 1.27. The first-order valence-corrected chi connectivity index (χ1v) is 10.3. The van der Waals surface area contributed by atoms with Crippen LogP contribution in [0.4, 0.5) is 5.69 Å². The van der Waals surface area contributed by atoms with E-state index in [9.17, 15) is 9.59 Å². The lowest BCUT2D eigenvalue weighted by Crippen LogP contribution is -2.48. The molecule has 5 rings (SSSR count). The number of hydrogen-bond acceptors (Lipinski definition) is 6. The van der Waals surface area contributed by atoms with Gasteiger partial charge in [-0.2, -0.15) is 5.10 Å². The largest absolute Gasteiger partial charge is 0.395 e. The van der Waals surface area contributed by atoms with E-state index < -0.39 is 0 Å². The third-order valence-electron chi connectivity index (χ3n) is 5.92. The number of nitrogens with one attached hydrogen (secondary N) is 1. The number of carbonyl (C=O) groups excluding carboxylic acids is 1. The summed E-state index contributed by atoms with van der Waals surface area (Å²) in [5.74, 6) is 0.521. The van der Waals surface area contributed by atoms with Crippen LogP contribution in [0.3, 0.4) is 0 Å². The summed E-state index contributed by atoms with van der Waals surface area (Å²) in [6, 6.07) is 7.51. The van der Waals surface area contributed by atoms with Crippen molar-refractivity contribution in [1.29, 1.82) is 0 Å². The maximum atomic E-state index is 12.8. The number of piperazine rings is 1. The van der Waals surface area contributed by atoms with Gasteiger partial charge in [0.15, 0.2) is 0 Å². The molecule has 2 aliphatic rings. The first kappa shape index (κ1) is 18.8. The summed E-state index contributed by atoms with van der Waals surface area (Å²) >= 11 is 0. The van der Waals surface area contributed by atoms with Crippen molar-refractivity contribution in [2.45, 2.75) is 25.3 Å². The topological polar surface area (TPSA) is 107 Å². The maximum Gasteiger partial charge on any atom is 0.274 e. The number of anilines is 1. The highest BCUT2D eigenvalue weighted by Crippen LogP contribution is 2.39. The van der Waals surface area contributed by atoms with Crippen molar-refractivity contribution in [2.24, 2.45) is 0 Å². The van der Waals surface area contributed by atoms with Gasteiger partial charge in [-0.05, 0) is 37.1 Å². The van der Waals surface area contributed by atoms with Gasteiger partial charge >= 0.3 is 0 Å². The number of fused-ring (bicyclic) bond motifs is 1. The number of benzene rings is 1. The molecule has 0 atom stereocenters. The standard InChI is InChI=1S/C21H24N6O3/c28-10-9-27-13-22-18-11-15(3-4-16(18)20(27)29)25-5-7-26(8-6-25)21(30)19-12-17(23-24-19)14-1-2-14/h3-4,11-14,28H,1-2,5-10H2,(H,23,24). The van der Waals surface area contributed by atoms with E-state index in [1.54, 1.807) is 6.07 Å². The molecule has 0 spiro atoms. The molecule has 30 heavy (non-hydrogen) atoms. The van der Waals surface area contributed by atoms with Gasteiger partial charge in [-0.1, -0.05) is 0 Å². The van der Waals surface area contributed by atoms with E-state index in [2.05, 4.69) is 20.1 Å². The minimum atomic E-state index is -0.152. The van der Waals surface area contributed by atoms with Crippen LogP contribution in [-0.2, 0) is 6.54 Å². The number of aromatic nitrogens is 4. The molecule has 1 aliphatic heterocycles. The van der Waals surface area contributed by atoms with Crippen LogP contribution < -0.4 is 10.5 Å². The predicted molar refractivity (Wildman–Crippen MR) is 112 cm³/mol. The number of amides is 1. The fourth-order valence-corrected chi connectivity index (χ4v) is 3.99. The van der Waals surface area contributed by atoms with Gasteiger partial charge in [-0.25, -0.2) is 4.98 Å². The Kier molecular flexibility index (Phi) is 4.74.